The summed E-state index contributed by atoms with van der Waals surface area (Å²) >= 11 is 3.53. The van der Waals surface area contributed by atoms with Gasteiger partial charge in [0.2, 0.25) is 0 Å². The second-order valence-corrected chi connectivity index (χ2v) is 6.24. The molecule has 0 bridgehead atoms. The number of hydrogen-bond donors (Lipinski definition) is 1. The standard InChI is InChI=1S/C12H12BrN.C3H9N/c13-8-5-6-12-10(7-8)9-3-1-2-4-11(9)14-12;1-4(2)3/h5-7,14H,1-4H2;1-3H3. The molecule has 1 aliphatic carbocycles. The molecule has 3 heteroatoms. The lowest BCUT2D eigenvalue weighted by atomic mass is 9.96. The van der Waals surface area contributed by atoms with E-state index < -0.39 is 0 Å². The van der Waals surface area contributed by atoms with Crippen molar-refractivity contribution in [2.24, 2.45) is 0 Å². The molecule has 2 aromatic rings. The van der Waals surface area contributed by atoms with Gasteiger partial charge in [-0.15, -0.1) is 0 Å². The Balaban J connectivity index is 0.000000267. The summed E-state index contributed by atoms with van der Waals surface area (Å²) in [5, 5.41) is 1.41. The summed E-state index contributed by atoms with van der Waals surface area (Å²) in [5.74, 6) is 0. The van der Waals surface area contributed by atoms with Gasteiger partial charge in [0.05, 0.1) is 0 Å². The van der Waals surface area contributed by atoms with Crippen molar-refractivity contribution in [1.29, 1.82) is 0 Å². The van der Waals surface area contributed by atoms with E-state index in [0.717, 1.165) is 0 Å². The van der Waals surface area contributed by atoms with E-state index in [0.29, 0.717) is 0 Å². The first-order valence-electron chi connectivity index (χ1n) is 6.48. The zero-order valence-electron chi connectivity index (χ0n) is 11.4. The van der Waals surface area contributed by atoms with E-state index in [1.807, 2.05) is 26.0 Å². The van der Waals surface area contributed by atoms with Gasteiger partial charge in [0.1, 0.15) is 0 Å². The van der Waals surface area contributed by atoms with Gasteiger partial charge >= 0.3 is 0 Å². The minimum atomic E-state index is 1.18. The normalized spacial score (nSPS) is 14.3. The molecule has 1 aromatic heterocycles. The van der Waals surface area contributed by atoms with Gasteiger partial charge in [-0.25, -0.2) is 0 Å². The summed E-state index contributed by atoms with van der Waals surface area (Å²) in [5.41, 5.74) is 4.30. The molecular formula is C15H21BrN2. The second kappa shape index (κ2) is 5.89. The van der Waals surface area contributed by atoms with Gasteiger partial charge in [-0.3, -0.25) is 0 Å². The van der Waals surface area contributed by atoms with Crippen molar-refractivity contribution in [3.63, 3.8) is 0 Å². The van der Waals surface area contributed by atoms with Crippen LogP contribution < -0.4 is 0 Å². The Morgan fingerprint density at radius 2 is 1.78 bits per heavy atom. The smallest absolute Gasteiger partial charge is 0.0459 e. The van der Waals surface area contributed by atoms with Crippen LogP contribution in [-0.2, 0) is 12.8 Å². The van der Waals surface area contributed by atoms with Crippen LogP contribution >= 0.6 is 15.9 Å². The van der Waals surface area contributed by atoms with Crippen LogP contribution in [0.25, 0.3) is 10.9 Å². The summed E-state index contributed by atoms with van der Waals surface area (Å²) in [6.07, 6.45) is 5.14. The van der Waals surface area contributed by atoms with Gasteiger partial charge in [-0.05, 0) is 70.6 Å². The van der Waals surface area contributed by atoms with Crippen molar-refractivity contribution in [2.75, 3.05) is 21.1 Å². The molecule has 1 aromatic carbocycles. The van der Waals surface area contributed by atoms with Crippen LogP contribution in [0.15, 0.2) is 22.7 Å². The molecule has 18 heavy (non-hydrogen) atoms. The molecule has 0 spiro atoms. The first-order valence-corrected chi connectivity index (χ1v) is 7.27. The van der Waals surface area contributed by atoms with E-state index in [9.17, 15) is 0 Å². The van der Waals surface area contributed by atoms with Crippen LogP contribution in [0.1, 0.15) is 24.1 Å². The molecule has 0 saturated heterocycles. The Kier molecular flexibility index (Phi) is 4.46. The fraction of sp³-hybridized carbons (Fsp3) is 0.467. The first-order chi connectivity index (χ1) is 8.58. The van der Waals surface area contributed by atoms with Gasteiger partial charge in [0.15, 0.2) is 0 Å². The topological polar surface area (TPSA) is 19.0 Å². The fourth-order valence-corrected chi connectivity index (χ4v) is 2.74. The summed E-state index contributed by atoms with van der Waals surface area (Å²) in [4.78, 5) is 5.52. The molecule has 1 aliphatic rings. The average molecular weight is 309 g/mol. The maximum Gasteiger partial charge on any atom is 0.0459 e. The molecule has 98 valence electrons. The molecule has 0 atom stereocenters. The van der Waals surface area contributed by atoms with Crippen molar-refractivity contribution in [1.82, 2.24) is 9.88 Å². The van der Waals surface area contributed by atoms with Crippen LogP contribution in [0.2, 0.25) is 0 Å². The molecule has 2 nitrogen and oxygen atoms in total. The van der Waals surface area contributed by atoms with Gasteiger partial charge in [0, 0.05) is 21.1 Å². The highest BCUT2D eigenvalue weighted by atomic mass is 79.9. The number of benzene rings is 1. The quantitative estimate of drug-likeness (QED) is 0.780. The third-order valence-electron chi connectivity index (χ3n) is 3.06. The molecule has 1 heterocycles. The predicted octanol–water partition coefficient (Wildman–Crippen LogP) is 3.99. The number of nitrogens with zero attached hydrogens (tertiary/aromatic N) is 1. The van der Waals surface area contributed by atoms with E-state index in [-0.39, 0.29) is 0 Å². The molecule has 0 amide bonds. The first kappa shape index (κ1) is 13.6. The van der Waals surface area contributed by atoms with E-state index >= 15 is 0 Å². The van der Waals surface area contributed by atoms with E-state index in [4.69, 9.17) is 0 Å². The largest absolute Gasteiger partial charge is 0.358 e. The number of halogens is 1. The summed E-state index contributed by atoms with van der Waals surface area (Å²) < 4.78 is 1.18. The van der Waals surface area contributed by atoms with Crippen molar-refractivity contribution in [3.8, 4) is 0 Å². The zero-order chi connectivity index (χ0) is 13.1. The monoisotopic (exact) mass is 308 g/mol. The van der Waals surface area contributed by atoms with Gasteiger partial charge in [-0.2, -0.15) is 0 Å². The fourth-order valence-electron chi connectivity index (χ4n) is 2.38. The number of H-pyrrole nitrogens is 1. The Morgan fingerprint density at radius 1 is 1.11 bits per heavy atom. The van der Waals surface area contributed by atoms with Gasteiger partial charge in [-0.1, -0.05) is 15.9 Å². The molecule has 0 radical (unpaired) electrons. The highest BCUT2D eigenvalue weighted by Crippen LogP contribution is 2.30. The second-order valence-electron chi connectivity index (χ2n) is 5.32. The molecule has 0 saturated carbocycles. The number of aromatic amines is 1. The van der Waals surface area contributed by atoms with Crippen LogP contribution in [0, 0.1) is 0 Å². The average Bonchev–Trinajstić information content (AvgIpc) is 2.66. The Morgan fingerprint density at radius 3 is 2.50 bits per heavy atom. The van der Waals surface area contributed by atoms with Crippen LogP contribution in [0.4, 0.5) is 0 Å². The molecule has 3 rings (SSSR count). The van der Waals surface area contributed by atoms with Crippen molar-refractivity contribution >= 4 is 26.8 Å². The molecule has 0 fully saturated rings. The van der Waals surface area contributed by atoms with Crippen LogP contribution in [-0.4, -0.2) is 31.0 Å². The number of hydrogen-bond acceptors (Lipinski definition) is 1. The van der Waals surface area contributed by atoms with Crippen LogP contribution in [0.3, 0.4) is 0 Å². The molecule has 0 unspecified atom stereocenters. The van der Waals surface area contributed by atoms with E-state index in [1.165, 1.54) is 46.8 Å². The minimum absolute atomic E-state index is 1.18. The number of fused-ring (bicyclic) bond motifs is 3. The molecular weight excluding hydrogens is 288 g/mol. The predicted molar refractivity (Wildman–Crippen MR) is 82.3 cm³/mol. The van der Waals surface area contributed by atoms with Crippen molar-refractivity contribution < 1.29 is 0 Å². The Bertz CT molecular complexity index is 526. The lowest BCUT2D eigenvalue weighted by molar-refractivity contribution is 0.505. The van der Waals surface area contributed by atoms with Gasteiger partial charge in [0.25, 0.3) is 0 Å². The SMILES string of the molecule is Brc1ccc2[nH]c3c(c2c1)CCCC3.CN(C)C. The van der Waals surface area contributed by atoms with E-state index in [2.05, 4.69) is 39.1 Å². The lowest BCUT2D eigenvalue weighted by Gasteiger charge is -2.10. The summed E-state index contributed by atoms with van der Waals surface area (Å²) in [7, 11) is 6.00. The lowest BCUT2D eigenvalue weighted by Crippen LogP contribution is -1.99. The molecule has 1 N–H and O–H groups in total. The third kappa shape index (κ3) is 3.15. The van der Waals surface area contributed by atoms with E-state index in [1.54, 1.807) is 5.56 Å². The zero-order valence-corrected chi connectivity index (χ0v) is 13.0. The maximum absolute atomic E-state index is 3.53. The minimum Gasteiger partial charge on any atom is -0.358 e. The Labute approximate surface area is 118 Å². The highest BCUT2D eigenvalue weighted by molar-refractivity contribution is 9.10. The van der Waals surface area contributed by atoms with Crippen molar-refractivity contribution in [2.45, 2.75) is 25.7 Å². The van der Waals surface area contributed by atoms with Crippen molar-refractivity contribution in [3.05, 3.63) is 33.9 Å². The maximum atomic E-state index is 3.53. The van der Waals surface area contributed by atoms with Gasteiger partial charge < -0.3 is 9.88 Å². The Hall–Kier alpha value is -0.800. The summed E-state index contributed by atoms with van der Waals surface area (Å²) in [6.45, 7) is 0. The number of aryl methyl sites for hydroxylation is 2. The third-order valence-corrected chi connectivity index (χ3v) is 3.55. The number of nitrogens with one attached hydrogen (secondary N) is 1. The number of rotatable bonds is 0. The van der Waals surface area contributed by atoms with Crippen LogP contribution in [0.5, 0.6) is 0 Å². The highest BCUT2D eigenvalue weighted by Gasteiger charge is 2.14. The molecule has 0 aliphatic heterocycles. The summed E-state index contributed by atoms with van der Waals surface area (Å²) in [6, 6.07) is 6.50. The number of aromatic nitrogens is 1.